The van der Waals surface area contributed by atoms with Crippen molar-refractivity contribution >= 4 is 29.4 Å². The van der Waals surface area contributed by atoms with E-state index in [1.807, 2.05) is 25.3 Å². The number of allylic oxidation sites excluding steroid dienone is 1. The molecule has 7 heteroatoms. The van der Waals surface area contributed by atoms with E-state index in [9.17, 15) is 0 Å². The summed E-state index contributed by atoms with van der Waals surface area (Å²) in [6.45, 7) is 11.6. The molecule has 0 aliphatic carbocycles. The quantitative estimate of drug-likeness (QED) is 0.381. The molecule has 0 radical (unpaired) electrons. The SMILES string of the molecule is C=NC1C=C(C(=NC)N/C=C/C)N=C(C(=C)NCCCN(C)C)S1. The van der Waals surface area contributed by atoms with Gasteiger partial charge in [-0.2, -0.15) is 0 Å². The van der Waals surface area contributed by atoms with Crippen molar-refractivity contribution < 1.29 is 0 Å². The van der Waals surface area contributed by atoms with Crippen molar-refractivity contribution in [2.45, 2.75) is 18.7 Å². The number of hydrogen-bond acceptors (Lipinski definition) is 6. The first-order valence-electron chi connectivity index (χ1n) is 7.87. The van der Waals surface area contributed by atoms with E-state index < -0.39 is 0 Å². The molecule has 132 valence electrons. The number of thioether (sulfide) groups is 1. The summed E-state index contributed by atoms with van der Waals surface area (Å²) in [5.74, 6) is 0.694. The summed E-state index contributed by atoms with van der Waals surface area (Å²) in [6.07, 6.45) is 6.72. The van der Waals surface area contributed by atoms with Gasteiger partial charge in [0.2, 0.25) is 0 Å². The van der Waals surface area contributed by atoms with Gasteiger partial charge in [0.1, 0.15) is 16.1 Å². The van der Waals surface area contributed by atoms with Gasteiger partial charge in [-0.05, 0) is 53.0 Å². The van der Waals surface area contributed by atoms with Crippen LogP contribution in [-0.4, -0.2) is 62.1 Å². The average molecular weight is 349 g/mol. The third-order valence-corrected chi connectivity index (χ3v) is 4.25. The van der Waals surface area contributed by atoms with Gasteiger partial charge in [0.05, 0.1) is 5.70 Å². The lowest BCUT2D eigenvalue weighted by atomic mass is 10.3. The highest BCUT2D eigenvalue weighted by molar-refractivity contribution is 8.15. The molecule has 0 bridgehead atoms. The van der Waals surface area contributed by atoms with Crippen molar-refractivity contribution in [3.63, 3.8) is 0 Å². The molecule has 0 aromatic heterocycles. The van der Waals surface area contributed by atoms with Crippen LogP contribution in [0.3, 0.4) is 0 Å². The first-order valence-corrected chi connectivity index (χ1v) is 8.75. The highest BCUT2D eigenvalue weighted by atomic mass is 32.2. The molecule has 1 atom stereocenters. The summed E-state index contributed by atoms with van der Waals surface area (Å²) in [6, 6.07) is 0. The van der Waals surface area contributed by atoms with E-state index in [4.69, 9.17) is 0 Å². The fourth-order valence-corrected chi connectivity index (χ4v) is 2.81. The maximum Gasteiger partial charge on any atom is 0.150 e. The van der Waals surface area contributed by atoms with Gasteiger partial charge in [0.25, 0.3) is 0 Å². The first kappa shape index (κ1) is 20.2. The Bertz CT molecular complexity index is 559. The molecule has 1 aliphatic heterocycles. The van der Waals surface area contributed by atoms with Crippen molar-refractivity contribution in [2.24, 2.45) is 15.0 Å². The molecule has 0 aromatic rings. The van der Waals surface area contributed by atoms with E-state index in [0.717, 1.165) is 35.9 Å². The van der Waals surface area contributed by atoms with Gasteiger partial charge >= 0.3 is 0 Å². The largest absolute Gasteiger partial charge is 0.383 e. The Labute approximate surface area is 149 Å². The number of nitrogens with zero attached hydrogens (tertiary/aromatic N) is 4. The molecule has 0 spiro atoms. The monoisotopic (exact) mass is 348 g/mol. The lowest BCUT2D eigenvalue weighted by Crippen LogP contribution is -2.27. The Hall–Kier alpha value is -1.86. The molecule has 6 nitrogen and oxygen atoms in total. The van der Waals surface area contributed by atoms with Crippen LogP contribution >= 0.6 is 11.8 Å². The summed E-state index contributed by atoms with van der Waals surface area (Å²) in [4.78, 5) is 15.2. The summed E-state index contributed by atoms with van der Waals surface area (Å²) < 4.78 is 0. The van der Waals surface area contributed by atoms with Crippen LogP contribution in [0.1, 0.15) is 13.3 Å². The molecule has 0 saturated heterocycles. The van der Waals surface area contributed by atoms with E-state index in [-0.39, 0.29) is 5.37 Å². The predicted molar refractivity (Wildman–Crippen MR) is 108 cm³/mol. The van der Waals surface area contributed by atoms with Crippen molar-refractivity contribution in [2.75, 3.05) is 34.2 Å². The molecule has 2 N–H and O–H groups in total. The van der Waals surface area contributed by atoms with Crippen molar-refractivity contribution in [3.05, 3.63) is 36.3 Å². The van der Waals surface area contributed by atoms with Crippen LogP contribution in [0.4, 0.5) is 0 Å². The first-order chi connectivity index (χ1) is 11.5. The molecule has 0 amide bonds. The van der Waals surface area contributed by atoms with Gasteiger partial charge in [-0.25, -0.2) is 4.99 Å². The fourth-order valence-electron chi connectivity index (χ4n) is 1.94. The second-order valence-corrected chi connectivity index (χ2v) is 6.54. The van der Waals surface area contributed by atoms with Gasteiger partial charge in [-0.1, -0.05) is 24.4 Å². The second kappa shape index (κ2) is 10.8. The minimum Gasteiger partial charge on any atom is -0.383 e. The van der Waals surface area contributed by atoms with Crippen LogP contribution in [0.5, 0.6) is 0 Å². The molecule has 0 saturated carbocycles. The number of nitrogens with one attached hydrogen (secondary N) is 2. The lowest BCUT2D eigenvalue weighted by molar-refractivity contribution is 0.398. The Morgan fingerprint density at radius 1 is 1.50 bits per heavy atom. The van der Waals surface area contributed by atoms with E-state index >= 15 is 0 Å². The van der Waals surface area contributed by atoms with Gasteiger partial charge in [-0.15, -0.1) is 0 Å². The van der Waals surface area contributed by atoms with E-state index in [1.165, 1.54) is 11.8 Å². The van der Waals surface area contributed by atoms with Gasteiger partial charge < -0.3 is 15.5 Å². The van der Waals surface area contributed by atoms with Crippen molar-refractivity contribution in [1.29, 1.82) is 0 Å². The summed E-state index contributed by atoms with van der Waals surface area (Å²) >= 11 is 1.53. The van der Waals surface area contributed by atoms with Gasteiger partial charge in [-0.3, -0.25) is 9.98 Å². The molecule has 1 rings (SSSR count). The number of amidine groups is 1. The Balaban J connectivity index is 2.80. The van der Waals surface area contributed by atoms with Crippen LogP contribution < -0.4 is 10.6 Å². The Morgan fingerprint density at radius 3 is 2.83 bits per heavy atom. The minimum atomic E-state index is -0.100. The Kier molecular flexibility index (Phi) is 9.11. The smallest absolute Gasteiger partial charge is 0.150 e. The van der Waals surface area contributed by atoms with E-state index in [2.05, 4.69) is 57.9 Å². The highest BCUT2D eigenvalue weighted by Gasteiger charge is 2.20. The number of hydrogen-bond donors (Lipinski definition) is 2. The summed E-state index contributed by atoms with van der Waals surface area (Å²) in [5.41, 5.74) is 1.55. The lowest BCUT2D eigenvalue weighted by Gasteiger charge is -2.20. The van der Waals surface area contributed by atoms with Crippen LogP contribution in [0.2, 0.25) is 0 Å². The normalized spacial score (nSPS) is 18.4. The average Bonchev–Trinajstić information content (AvgIpc) is 2.58. The standard InChI is InChI=1S/C17H28N6S/c1-7-9-21-16(19-4)14-12-15(18-3)24-17(22-14)13(2)20-10-8-11-23(5)6/h7,9,12,15,20H,2-3,8,10-11H2,1,4-6H3,(H,19,21)/b9-7+. The summed E-state index contributed by atoms with van der Waals surface area (Å²) in [7, 11) is 5.86. The maximum absolute atomic E-state index is 4.67. The highest BCUT2D eigenvalue weighted by Crippen LogP contribution is 2.26. The molecule has 1 unspecified atom stereocenters. The predicted octanol–water partition coefficient (Wildman–Crippen LogP) is 2.25. The minimum absolute atomic E-state index is 0.100. The molecule has 24 heavy (non-hydrogen) atoms. The third kappa shape index (κ3) is 6.72. The fraction of sp³-hybridized carbons (Fsp3) is 0.471. The zero-order chi connectivity index (χ0) is 17.9. The van der Waals surface area contributed by atoms with Gasteiger partial charge in [0, 0.05) is 13.6 Å². The van der Waals surface area contributed by atoms with Crippen LogP contribution in [0, 0.1) is 0 Å². The topological polar surface area (TPSA) is 64.4 Å². The molecule has 0 fully saturated rings. The molecule has 0 aromatic carbocycles. The van der Waals surface area contributed by atoms with E-state index in [0.29, 0.717) is 5.84 Å². The zero-order valence-corrected chi connectivity index (χ0v) is 15.9. The van der Waals surface area contributed by atoms with Crippen LogP contribution in [0.25, 0.3) is 0 Å². The van der Waals surface area contributed by atoms with Crippen molar-refractivity contribution in [1.82, 2.24) is 15.5 Å². The molecule has 1 heterocycles. The zero-order valence-electron chi connectivity index (χ0n) is 15.0. The van der Waals surface area contributed by atoms with Crippen LogP contribution in [0.15, 0.2) is 51.3 Å². The van der Waals surface area contributed by atoms with Gasteiger partial charge in [0.15, 0.2) is 5.84 Å². The third-order valence-electron chi connectivity index (χ3n) is 3.17. The second-order valence-electron chi connectivity index (χ2n) is 5.44. The van der Waals surface area contributed by atoms with Crippen molar-refractivity contribution in [3.8, 4) is 0 Å². The molecular weight excluding hydrogens is 320 g/mol. The summed E-state index contributed by atoms with van der Waals surface area (Å²) in [5, 5.41) is 7.18. The number of rotatable bonds is 9. The molecular formula is C17H28N6S. The molecule has 1 aliphatic rings. The number of aliphatic imine (C=N–C) groups is 3. The maximum atomic E-state index is 4.67. The van der Waals surface area contributed by atoms with Crippen LogP contribution in [-0.2, 0) is 0 Å². The Morgan fingerprint density at radius 2 is 2.25 bits per heavy atom. The van der Waals surface area contributed by atoms with E-state index in [1.54, 1.807) is 7.05 Å².